The predicted molar refractivity (Wildman–Crippen MR) is 66.8 cm³/mol. The molecule has 108 valence electrons. The summed E-state index contributed by atoms with van der Waals surface area (Å²) in [7, 11) is -4.58. The van der Waals surface area contributed by atoms with Crippen LogP contribution in [0.15, 0.2) is 24.3 Å². The summed E-state index contributed by atoms with van der Waals surface area (Å²) in [6.07, 6.45) is -1.46. The van der Waals surface area contributed by atoms with Gasteiger partial charge >= 0.3 is 19.8 Å². The van der Waals surface area contributed by atoms with Crippen LogP contribution in [0.2, 0.25) is 0 Å². The number of aliphatic hydroxyl groups is 1. The van der Waals surface area contributed by atoms with Gasteiger partial charge in [-0.15, -0.1) is 0 Å². The Morgan fingerprint density at radius 3 is 1.79 bits per heavy atom. The summed E-state index contributed by atoms with van der Waals surface area (Å²) in [6.45, 7) is 10.7. The van der Waals surface area contributed by atoms with Gasteiger partial charge in [-0.1, -0.05) is 20.1 Å². The predicted octanol–water partition coefficient (Wildman–Crippen LogP) is 2.08. The minimum Gasteiger partial charge on any atom is -0.367 e. The molecule has 0 aromatic heterocycles. The third-order valence-corrected chi connectivity index (χ3v) is 2.97. The minimum atomic E-state index is -4.58. The molecule has 0 amide bonds. The maximum atomic E-state index is 12.1. The molecule has 7 nitrogen and oxygen atoms in total. The van der Waals surface area contributed by atoms with Crippen molar-refractivity contribution in [1.29, 1.82) is 0 Å². The third-order valence-electron chi connectivity index (χ3n) is 1.69. The van der Waals surface area contributed by atoms with E-state index < -0.39 is 26.1 Å². The zero-order chi connectivity index (χ0) is 15.2. The van der Waals surface area contributed by atoms with Crippen LogP contribution in [0.1, 0.15) is 27.2 Å². The molecule has 0 radical (unpaired) electrons. The van der Waals surface area contributed by atoms with E-state index in [1.807, 2.05) is 0 Å². The van der Waals surface area contributed by atoms with Crippen LogP contribution < -0.4 is 0 Å². The monoisotopic (exact) mass is 292 g/mol. The SMILES string of the molecule is C=C(C)C(=O)OP(=O)(OC(=O)C(=C)C)OC(O)CC. The topological polar surface area (TPSA) is 99.1 Å². The highest BCUT2D eigenvalue weighted by atomic mass is 31.2. The fraction of sp³-hybridized carbons (Fsp3) is 0.455. The molecule has 0 aromatic carbocycles. The Balaban J connectivity index is 5.07. The van der Waals surface area contributed by atoms with Crippen LogP contribution in [0.25, 0.3) is 0 Å². The molecule has 0 rings (SSSR count). The summed E-state index contributed by atoms with van der Waals surface area (Å²) in [6, 6.07) is 0. The van der Waals surface area contributed by atoms with E-state index in [1.54, 1.807) is 0 Å². The Morgan fingerprint density at radius 1 is 1.16 bits per heavy atom. The van der Waals surface area contributed by atoms with Gasteiger partial charge in [-0.25, -0.2) is 18.7 Å². The van der Waals surface area contributed by atoms with E-state index in [1.165, 1.54) is 20.8 Å². The number of carbonyl (C=O) groups excluding carboxylic acids is 2. The molecule has 0 spiro atoms. The number of hydrogen-bond acceptors (Lipinski definition) is 7. The first-order valence-electron chi connectivity index (χ1n) is 5.36. The molecule has 0 saturated heterocycles. The lowest BCUT2D eigenvalue weighted by molar-refractivity contribution is -0.139. The molecule has 19 heavy (non-hydrogen) atoms. The lowest BCUT2D eigenvalue weighted by atomic mass is 10.4. The highest BCUT2D eigenvalue weighted by molar-refractivity contribution is 7.49. The third kappa shape index (κ3) is 6.33. The second-order valence-corrected chi connectivity index (χ2v) is 5.20. The van der Waals surface area contributed by atoms with E-state index in [2.05, 4.69) is 26.7 Å². The van der Waals surface area contributed by atoms with E-state index in [-0.39, 0.29) is 17.6 Å². The fourth-order valence-corrected chi connectivity index (χ4v) is 1.93. The van der Waals surface area contributed by atoms with E-state index in [0.717, 1.165) is 0 Å². The Hall–Kier alpha value is -1.43. The highest BCUT2D eigenvalue weighted by Crippen LogP contribution is 2.51. The zero-order valence-electron chi connectivity index (χ0n) is 11.0. The molecule has 0 fully saturated rings. The van der Waals surface area contributed by atoms with Gasteiger partial charge in [-0.2, -0.15) is 0 Å². The largest absolute Gasteiger partial charge is 0.594 e. The van der Waals surface area contributed by atoms with Crippen molar-refractivity contribution >= 4 is 19.8 Å². The average molecular weight is 292 g/mol. The summed E-state index contributed by atoms with van der Waals surface area (Å²) >= 11 is 0. The van der Waals surface area contributed by atoms with E-state index in [0.29, 0.717) is 0 Å². The van der Waals surface area contributed by atoms with Crippen LogP contribution >= 0.6 is 7.82 Å². The maximum Gasteiger partial charge on any atom is 0.594 e. The van der Waals surface area contributed by atoms with Gasteiger partial charge in [0.15, 0.2) is 6.29 Å². The van der Waals surface area contributed by atoms with Crippen LogP contribution in [0.3, 0.4) is 0 Å². The molecule has 0 heterocycles. The Bertz CT molecular complexity index is 408. The molecular weight excluding hydrogens is 275 g/mol. The standard InChI is InChI=1S/C11H17O7P/c1-6-9(12)16-19(15,17-10(13)7(2)3)18-11(14)8(4)5/h9,12H,2,4,6H2,1,3,5H3. The Labute approximate surface area is 111 Å². The molecule has 0 bridgehead atoms. The number of carbonyl (C=O) groups is 2. The molecule has 0 aromatic rings. The Morgan fingerprint density at radius 2 is 1.53 bits per heavy atom. The normalized spacial score (nSPS) is 12.4. The van der Waals surface area contributed by atoms with Crippen molar-refractivity contribution in [2.45, 2.75) is 33.5 Å². The van der Waals surface area contributed by atoms with Crippen LogP contribution in [-0.4, -0.2) is 23.3 Å². The second kappa shape index (κ2) is 7.23. The lowest BCUT2D eigenvalue weighted by Gasteiger charge is -2.19. The fourth-order valence-electron chi connectivity index (χ4n) is 0.644. The molecule has 0 aliphatic rings. The van der Waals surface area contributed by atoms with E-state index in [9.17, 15) is 19.3 Å². The van der Waals surface area contributed by atoms with E-state index >= 15 is 0 Å². The van der Waals surface area contributed by atoms with Crippen molar-refractivity contribution in [2.24, 2.45) is 0 Å². The first-order valence-corrected chi connectivity index (χ1v) is 6.82. The quantitative estimate of drug-likeness (QED) is 0.435. The molecule has 1 unspecified atom stereocenters. The van der Waals surface area contributed by atoms with E-state index in [4.69, 9.17) is 0 Å². The number of phosphoric acid groups is 1. The van der Waals surface area contributed by atoms with Crippen molar-refractivity contribution in [3.8, 4) is 0 Å². The molecule has 0 aliphatic heterocycles. The Kier molecular flexibility index (Phi) is 6.69. The van der Waals surface area contributed by atoms with Crippen LogP contribution in [0.5, 0.6) is 0 Å². The molecule has 0 aliphatic carbocycles. The summed E-state index contributed by atoms with van der Waals surface area (Å²) in [5, 5.41) is 9.27. The van der Waals surface area contributed by atoms with Gasteiger partial charge in [0.25, 0.3) is 0 Å². The molecular formula is C11H17O7P. The number of phosphoric ester groups is 1. The highest BCUT2D eigenvalue weighted by Gasteiger charge is 2.38. The number of rotatable bonds is 7. The van der Waals surface area contributed by atoms with Gasteiger partial charge in [-0.3, -0.25) is 0 Å². The van der Waals surface area contributed by atoms with Crippen molar-refractivity contribution in [3.63, 3.8) is 0 Å². The number of hydrogen-bond donors (Lipinski definition) is 1. The van der Waals surface area contributed by atoms with Gasteiger partial charge in [-0.05, 0) is 20.3 Å². The van der Waals surface area contributed by atoms with Gasteiger partial charge in [0.1, 0.15) is 0 Å². The zero-order valence-corrected chi connectivity index (χ0v) is 11.9. The van der Waals surface area contributed by atoms with Crippen molar-refractivity contribution in [3.05, 3.63) is 24.3 Å². The van der Waals surface area contributed by atoms with Crippen LogP contribution in [0.4, 0.5) is 0 Å². The summed E-state index contributed by atoms with van der Waals surface area (Å²) in [5.41, 5.74) is -0.137. The van der Waals surface area contributed by atoms with Gasteiger partial charge < -0.3 is 14.2 Å². The second-order valence-electron chi connectivity index (χ2n) is 3.73. The van der Waals surface area contributed by atoms with Crippen molar-refractivity contribution in [1.82, 2.24) is 0 Å². The van der Waals surface area contributed by atoms with Gasteiger partial charge in [0, 0.05) is 11.1 Å². The maximum absolute atomic E-state index is 12.1. The summed E-state index contributed by atoms with van der Waals surface area (Å²) in [4.78, 5) is 22.6. The van der Waals surface area contributed by atoms with Gasteiger partial charge in [0.2, 0.25) is 0 Å². The first-order chi connectivity index (χ1) is 8.61. The van der Waals surface area contributed by atoms with Crippen LogP contribution in [0, 0.1) is 0 Å². The molecule has 0 saturated carbocycles. The van der Waals surface area contributed by atoms with Crippen molar-refractivity contribution < 1.29 is 32.8 Å². The molecule has 8 heteroatoms. The van der Waals surface area contributed by atoms with Crippen molar-refractivity contribution in [2.75, 3.05) is 0 Å². The average Bonchev–Trinajstić information content (AvgIpc) is 2.27. The lowest BCUT2D eigenvalue weighted by Crippen LogP contribution is -2.16. The van der Waals surface area contributed by atoms with Gasteiger partial charge in [0.05, 0.1) is 0 Å². The van der Waals surface area contributed by atoms with Crippen LogP contribution in [-0.2, 0) is 27.7 Å². The smallest absolute Gasteiger partial charge is 0.367 e. The summed E-state index contributed by atoms with van der Waals surface area (Å²) < 4.78 is 25.5. The summed E-state index contributed by atoms with van der Waals surface area (Å²) in [5.74, 6) is -2.14. The first kappa shape index (κ1) is 17.6. The molecule has 1 N–H and O–H groups in total. The minimum absolute atomic E-state index is 0.0548. The molecule has 1 atom stereocenters. The number of aliphatic hydroxyl groups excluding tert-OH is 1.